The summed E-state index contributed by atoms with van der Waals surface area (Å²) in [5, 5.41) is 3.50. The molecule has 1 aliphatic rings. The van der Waals surface area contributed by atoms with E-state index in [1.165, 1.54) is 16.8 Å². The molecule has 2 rings (SSSR count). The van der Waals surface area contributed by atoms with E-state index in [1.54, 1.807) is 0 Å². The molecule has 1 N–H and O–H groups in total. The molecule has 3 heteroatoms. The van der Waals surface area contributed by atoms with Crippen molar-refractivity contribution in [1.29, 1.82) is 0 Å². The second-order valence-electron chi connectivity index (χ2n) is 4.81. The summed E-state index contributed by atoms with van der Waals surface area (Å²) in [6, 6.07) is 6.22. The summed E-state index contributed by atoms with van der Waals surface area (Å²) in [6.45, 7) is 9.22. The van der Waals surface area contributed by atoms with Crippen molar-refractivity contribution >= 4 is 37.5 Å². The fraction of sp³-hybridized carbons (Fsp3) is 0.429. The van der Waals surface area contributed by atoms with Gasteiger partial charge in [-0.1, -0.05) is 6.08 Å². The Kier molecular flexibility index (Phi) is 4.60. The first-order chi connectivity index (χ1) is 7.52. The van der Waals surface area contributed by atoms with Crippen LogP contribution in [-0.2, 0) is 0 Å². The van der Waals surface area contributed by atoms with E-state index in [4.69, 9.17) is 4.74 Å². The van der Waals surface area contributed by atoms with Crippen LogP contribution in [0.1, 0.15) is 33.3 Å². The summed E-state index contributed by atoms with van der Waals surface area (Å²) in [4.78, 5) is 0. The predicted molar refractivity (Wildman–Crippen MR) is 74.7 cm³/mol. The summed E-state index contributed by atoms with van der Waals surface area (Å²) < 4.78 is 5.52. The Bertz CT molecular complexity index is 438. The van der Waals surface area contributed by atoms with E-state index >= 15 is 0 Å². The molecule has 0 saturated heterocycles. The third-order valence-corrected chi connectivity index (χ3v) is 2.76. The van der Waals surface area contributed by atoms with Gasteiger partial charge in [0.1, 0.15) is 5.75 Å². The summed E-state index contributed by atoms with van der Waals surface area (Å²) in [5.41, 5.74) is 3.77. The molecule has 0 bridgehead atoms. The maximum absolute atomic E-state index is 5.52. The van der Waals surface area contributed by atoms with E-state index in [0.29, 0.717) is 6.61 Å². The molecule has 17 heavy (non-hydrogen) atoms. The quantitative estimate of drug-likeness (QED) is 0.733. The Morgan fingerprint density at radius 1 is 1.29 bits per heavy atom. The molecule has 0 aliphatic carbocycles. The van der Waals surface area contributed by atoms with Gasteiger partial charge >= 0.3 is 0 Å². The molecule has 0 unspecified atom stereocenters. The number of rotatable bonds is 2. The van der Waals surface area contributed by atoms with Crippen molar-refractivity contribution in [1.82, 2.24) is 0 Å². The van der Waals surface area contributed by atoms with Gasteiger partial charge < -0.3 is 10.1 Å². The summed E-state index contributed by atoms with van der Waals surface area (Å²) in [5.74, 6) is 0.940. The molecule has 0 fully saturated rings. The summed E-state index contributed by atoms with van der Waals surface area (Å²) in [7, 11) is 0. The molecule has 0 saturated carbocycles. The number of fused-ring (bicyclic) bond motifs is 1. The fourth-order valence-corrected chi connectivity index (χ4v) is 2.22. The van der Waals surface area contributed by atoms with Crippen LogP contribution in [0.3, 0.4) is 0 Å². The van der Waals surface area contributed by atoms with Gasteiger partial charge in [0.25, 0.3) is 0 Å². The Morgan fingerprint density at radius 3 is 2.65 bits per heavy atom. The number of ether oxygens (including phenoxy) is 1. The van der Waals surface area contributed by atoms with Crippen molar-refractivity contribution in [3.05, 3.63) is 29.8 Å². The predicted octanol–water partition coefficient (Wildman–Crippen LogP) is 3.31. The first-order valence-corrected chi connectivity index (χ1v) is 5.77. The number of nitrogens with one attached hydrogen (secondary N) is 1. The molecule has 0 amide bonds. The van der Waals surface area contributed by atoms with Crippen molar-refractivity contribution in [2.45, 2.75) is 33.2 Å². The van der Waals surface area contributed by atoms with E-state index in [1.807, 2.05) is 13.0 Å². The Hall–Kier alpha value is -0.557. The van der Waals surface area contributed by atoms with Crippen molar-refractivity contribution < 1.29 is 4.74 Å². The normalized spacial score (nSPS) is 16.1. The largest absolute Gasteiger partial charge is 0.494 e. The third-order valence-electron chi connectivity index (χ3n) is 2.76. The topological polar surface area (TPSA) is 21.3 Å². The Balaban J connectivity index is 0.00000144. The molecule has 1 aromatic rings. The van der Waals surface area contributed by atoms with Gasteiger partial charge in [0.05, 0.1) is 12.1 Å². The number of allylic oxidation sites excluding steroid dienone is 1. The van der Waals surface area contributed by atoms with E-state index in [2.05, 4.69) is 44.3 Å². The zero-order chi connectivity index (χ0) is 11.8. The van der Waals surface area contributed by atoms with E-state index in [0.717, 1.165) is 5.75 Å². The molecular formula is C14H19BiNO. The molecule has 2 nitrogen and oxygen atoms in total. The van der Waals surface area contributed by atoms with Crippen LogP contribution < -0.4 is 10.1 Å². The van der Waals surface area contributed by atoms with Crippen LogP contribution in [0, 0.1) is 0 Å². The van der Waals surface area contributed by atoms with E-state index in [-0.39, 0.29) is 31.7 Å². The summed E-state index contributed by atoms with van der Waals surface area (Å²) in [6.07, 6.45) is 2.26. The van der Waals surface area contributed by atoms with Gasteiger partial charge in [-0.15, -0.1) is 0 Å². The Morgan fingerprint density at radius 2 is 2.00 bits per heavy atom. The zero-order valence-electron chi connectivity index (χ0n) is 10.9. The molecule has 3 radical (unpaired) electrons. The van der Waals surface area contributed by atoms with Gasteiger partial charge in [-0.2, -0.15) is 0 Å². The Labute approximate surface area is 123 Å². The van der Waals surface area contributed by atoms with Crippen LogP contribution in [0.5, 0.6) is 5.75 Å². The number of benzene rings is 1. The number of hydrogen-bond donors (Lipinski definition) is 1. The van der Waals surface area contributed by atoms with Crippen molar-refractivity contribution in [3.63, 3.8) is 0 Å². The van der Waals surface area contributed by atoms with Crippen molar-refractivity contribution in [2.24, 2.45) is 0 Å². The molecular weight excluding hydrogens is 407 g/mol. The fourth-order valence-electron chi connectivity index (χ4n) is 2.22. The van der Waals surface area contributed by atoms with Crippen LogP contribution >= 0.6 is 0 Å². The molecule has 0 atom stereocenters. The van der Waals surface area contributed by atoms with Crippen LogP contribution in [0.4, 0.5) is 5.69 Å². The average molecular weight is 426 g/mol. The first kappa shape index (κ1) is 14.5. The van der Waals surface area contributed by atoms with E-state index < -0.39 is 0 Å². The monoisotopic (exact) mass is 426 g/mol. The molecule has 1 aromatic carbocycles. The SMILES string of the molecule is CCOc1ccc2c(c1)C(C)=CC(C)(C)N2.[Bi]. The van der Waals surface area contributed by atoms with Gasteiger partial charge in [0.15, 0.2) is 0 Å². The zero-order valence-corrected chi connectivity index (χ0v) is 14.3. The third kappa shape index (κ3) is 3.22. The molecule has 1 aliphatic heterocycles. The standard InChI is InChI=1S/C14H19NO.Bi/c1-5-16-11-6-7-13-12(8-11)10(2)9-14(3,4)15-13;/h6-9,15H,5H2,1-4H3;. The van der Waals surface area contributed by atoms with Crippen LogP contribution in [0.2, 0.25) is 0 Å². The van der Waals surface area contributed by atoms with Crippen LogP contribution in [-0.4, -0.2) is 38.3 Å². The van der Waals surface area contributed by atoms with Crippen LogP contribution in [0.15, 0.2) is 24.3 Å². The second kappa shape index (κ2) is 5.39. The maximum atomic E-state index is 5.52. The number of hydrogen-bond acceptors (Lipinski definition) is 2. The average Bonchev–Trinajstić information content (AvgIpc) is 2.18. The number of anilines is 1. The summed E-state index contributed by atoms with van der Waals surface area (Å²) >= 11 is 0. The minimum atomic E-state index is 0. The van der Waals surface area contributed by atoms with Gasteiger partial charge in [0, 0.05) is 37.5 Å². The van der Waals surface area contributed by atoms with E-state index in [9.17, 15) is 0 Å². The molecule has 1 heterocycles. The molecule has 0 spiro atoms. The molecule has 0 aromatic heterocycles. The van der Waals surface area contributed by atoms with Gasteiger partial charge in [-0.25, -0.2) is 0 Å². The first-order valence-electron chi connectivity index (χ1n) is 5.77. The van der Waals surface area contributed by atoms with Gasteiger partial charge in [-0.05, 0) is 51.5 Å². The molecule has 91 valence electrons. The van der Waals surface area contributed by atoms with Crippen LogP contribution in [0.25, 0.3) is 5.57 Å². The minimum Gasteiger partial charge on any atom is -0.494 e. The van der Waals surface area contributed by atoms with Gasteiger partial charge in [-0.3, -0.25) is 0 Å². The van der Waals surface area contributed by atoms with Crippen molar-refractivity contribution in [3.8, 4) is 5.75 Å². The minimum absolute atomic E-state index is 0. The van der Waals surface area contributed by atoms with Gasteiger partial charge in [0.2, 0.25) is 0 Å². The maximum Gasteiger partial charge on any atom is 0.120 e. The second-order valence-corrected chi connectivity index (χ2v) is 4.81. The smallest absolute Gasteiger partial charge is 0.120 e. The van der Waals surface area contributed by atoms with Crippen molar-refractivity contribution in [2.75, 3.05) is 11.9 Å².